The van der Waals surface area contributed by atoms with Crippen molar-refractivity contribution in [2.45, 2.75) is 163 Å². The number of phenols is 1. The molecule has 5 aromatic rings. The summed E-state index contributed by atoms with van der Waals surface area (Å²) in [6, 6.07) is 5.71. The fourth-order valence-electron chi connectivity index (χ4n) is 13.2. The average molecular weight is 1450 g/mol. The molecule has 2 aromatic heterocycles. The molecule has 35 heteroatoms. The van der Waals surface area contributed by atoms with Crippen LogP contribution in [0.1, 0.15) is 87.6 Å². The molecule has 1 saturated carbocycles. The molecule has 101 heavy (non-hydrogen) atoms. The number of nitrogens with zero attached hydrogens (tertiary/aromatic N) is 6. The van der Waals surface area contributed by atoms with E-state index in [-0.39, 0.29) is 42.3 Å². The Morgan fingerprint density at radius 2 is 1.50 bits per heavy atom. The topological polar surface area (TPSA) is 471 Å². The zero-order valence-electron chi connectivity index (χ0n) is 55.4. The molecular formula is C66H86N12O21S2. The van der Waals surface area contributed by atoms with Crippen LogP contribution in [0.2, 0.25) is 0 Å². The van der Waals surface area contributed by atoms with Crippen molar-refractivity contribution in [3.63, 3.8) is 0 Å². The van der Waals surface area contributed by atoms with E-state index in [4.69, 9.17) is 24.3 Å². The van der Waals surface area contributed by atoms with Gasteiger partial charge in [0.2, 0.25) is 40.4 Å². The number of aliphatic hydroxyl groups is 8. The van der Waals surface area contributed by atoms with Gasteiger partial charge in [0.25, 0.3) is 18.2 Å². The molecule has 0 spiro atoms. The highest BCUT2D eigenvalue weighted by Crippen LogP contribution is 2.34. The molecule has 4 fully saturated rings. The molecular weight excluding hydrogens is 1360 g/mol. The van der Waals surface area contributed by atoms with Crippen LogP contribution in [-0.4, -0.2) is 259 Å². The molecule has 1 aliphatic carbocycles. The minimum atomic E-state index is -2.16. The molecule has 3 aromatic carbocycles. The number of rotatable bonds is 22. The number of aromatic nitrogens is 3. The van der Waals surface area contributed by atoms with Crippen LogP contribution in [0.4, 0.5) is 0 Å². The molecule has 0 bridgehead atoms. The summed E-state index contributed by atoms with van der Waals surface area (Å²) in [5.74, 6) is -7.94. The number of benzene rings is 3. The lowest BCUT2D eigenvalue weighted by Crippen LogP contribution is -2.64. The van der Waals surface area contributed by atoms with Crippen LogP contribution in [-0.2, 0) is 44.6 Å². The van der Waals surface area contributed by atoms with Gasteiger partial charge in [-0.05, 0) is 92.9 Å². The second-order valence-electron chi connectivity index (χ2n) is 26.1. The molecule has 33 nitrogen and oxygen atoms in total. The number of aromatic hydroxyl groups is 1. The standard InChI is InChI=1S/C66H86N12O21S2/c1-34-29-77-56(57(34)87)62(92)68-28-42(82)26-46(69-58(88)38-11-9-37(10-12-38)47-31-78-66(70-47)100-63(74-78)39-13-15-44(16-14-39)96-45-19-22-75(23-20-45)41-6-4-3-5-7-41)59(89)71-53(35(2)81)64(93)76-30-43(83)27-48(76)60(90)72-54(51(86)24-36-8-17-49(84)52(25-36)97-101-99-98-95)61(91)73-55(65(77)94)50(85)18-21-67-40(32-79)33-80/h8-17,19,25,31,34-35,40-43,46,48,50-51,53-57,67,79-87,95H,3-7,18,20-24,26-30,32-33H2,1-2H3,(H,68,92)(H,69,88)(H,71,89)(H,72,90)(H,73,91)/t34-,35+,42+,43+,46-,48-,50+,51+,53-,54-,55-,56-,57-/m0/s1. The Hall–Kier alpha value is -7.98. The second-order valence-corrected chi connectivity index (χ2v) is 27.5. The van der Waals surface area contributed by atoms with Crippen molar-refractivity contribution in [3.8, 4) is 39.1 Å². The number of β-amino-alcohol motifs (C(OH)–C–C–N with tert-alkyl or cyclic N) is 1. The lowest BCUT2D eigenvalue weighted by molar-refractivity contribution is -0.433. The Bertz CT molecular complexity index is 3690. The van der Waals surface area contributed by atoms with E-state index < -0.39 is 184 Å². The molecule has 13 atom stereocenters. The van der Waals surface area contributed by atoms with Gasteiger partial charge in [0.05, 0.1) is 67.8 Å². The summed E-state index contributed by atoms with van der Waals surface area (Å²) in [6.45, 7) is 1.53. The maximum Gasteiger partial charge on any atom is 0.261 e. The van der Waals surface area contributed by atoms with Crippen LogP contribution in [0.25, 0.3) is 26.8 Å². The van der Waals surface area contributed by atoms with E-state index in [2.05, 4.69) is 52.2 Å². The zero-order valence-corrected chi connectivity index (χ0v) is 57.0. The maximum absolute atomic E-state index is 15.0. The molecule has 548 valence electrons. The summed E-state index contributed by atoms with van der Waals surface area (Å²) in [5, 5.41) is 132. The second kappa shape index (κ2) is 34.8. The highest BCUT2D eigenvalue weighted by molar-refractivity contribution is 7.90. The maximum atomic E-state index is 15.0. The van der Waals surface area contributed by atoms with Gasteiger partial charge >= 0.3 is 0 Å². The van der Waals surface area contributed by atoms with Gasteiger partial charge < -0.3 is 96.6 Å². The van der Waals surface area contributed by atoms with Crippen molar-refractivity contribution >= 4 is 70.0 Å². The van der Waals surface area contributed by atoms with Gasteiger partial charge in [0.15, 0.2) is 11.5 Å². The number of ether oxygens (including phenoxy) is 1. The molecule has 0 radical (unpaired) electrons. The predicted molar refractivity (Wildman–Crippen MR) is 360 cm³/mol. The smallest absolute Gasteiger partial charge is 0.261 e. The third-order valence-corrected chi connectivity index (χ3v) is 20.2. The first kappa shape index (κ1) is 75.7. The minimum absolute atomic E-state index is 0.00956. The highest BCUT2D eigenvalue weighted by Gasteiger charge is 2.50. The number of carbonyl (C=O) groups is 7. The predicted octanol–water partition coefficient (Wildman–Crippen LogP) is -1.22. The van der Waals surface area contributed by atoms with E-state index >= 15 is 4.79 Å². The number of fused-ring (bicyclic) bond motifs is 3. The Morgan fingerprint density at radius 1 is 0.802 bits per heavy atom. The van der Waals surface area contributed by atoms with Crippen LogP contribution in [0.5, 0.6) is 17.2 Å². The van der Waals surface area contributed by atoms with Gasteiger partial charge in [-0.1, -0.05) is 65.1 Å². The lowest BCUT2D eigenvalue weighted by atomic mass is 9.93. The summed E-state index contributed by atoms with van der Waals surface area (Å²) in [5.41, 5.74) is 2.09. The van der Waals surface area contributed by atoms with Crippen LogP contribution in [0.15, 0.2) is 84.8 Å². The molecule has 10 rings (SSSR count). The van der Waals surface area contributed by atoms with Crippen molar-refractivity contribution < 1.29 is 103 Å². The number of phenolic OH excluding ortho intramolecular Hbond substituents is 1. The molecule has 16 N–H and O–H groups in total. The summed E-state index contributed by atoms with van der Waals surface area (Å²) in [4.78, 5) is 112. The van der Waals surface area contributed by atoms with Crippen LogP contribution in [0, 0.1) is 5.92 Å². The van der Waals surface area contributed by atoms with Crippen molar-refractivity contribution in [2.75, 3.05) is 52.5 Å². The largest absolute Gasteiger partial charge is 0.504 e. The van der Waals surface area contributed by atoms with Crippen LogP contribution in [0.3, 0.4) is 0 Å². The quantitative estimate of drug-likeness (QED) is 0.0167. The first-order valence-electron chi connectivity index (χ1n) is 33.5. The number of carbonyl (C=O) groups excluding carboxylic acids is 7. The fourth-order valence-corrected chi connectivity index (χ4v) is 14.4. The van der Waals surface area contributed by atoms with Gasteiger partial charge in [-0.25, -0.2) is 14.8 Å². The summed E-state index contributed by atoms with van der Waals surface area (Å²) in [7, 11) is 0. The van der Waals surface area contributed by atoms with Gasteiger partial charge in [0.1, 0.15) is 52.8 Å². The zero-order chi connectivity index (χ0) is 72.2. The molecule has 3 saturated heterocycles. The van der Waals surface area contributed by atoms with E-state index in [0.717, 1.165) is 70.4 Å². The fraction of sp³-hybridized carbons (Fsp3) is 0.530. The van der Waals surface area contributed by atoms with Crippen molar-refractivity contribution in [1.82, 2.24) is 61.2 Å². The van der Waals surface area contributed by atoms with Crippen LogP contribution >= 0.6 is 23.7 Å². The van der Waals surface area contributed by atoms with Crippen molar-refractivity contribution in [3.05, 3.63) is 95.9 Å². The normalized spacial score (nSPS) is 25.8. The minimum Gasteiger partial charge on any atom is -0.504 e. The summed E-state index contributed by atoms with van der Waals surface area (Å²) >= 11 is 1.43. The van der Waals surface area contributed by atoms with Gasteiger partial charge in [-0.3, -0.25) is 38.5 Å². The Labute approximate surface area is 588 Å². The summed E-state index contributed by atoms with van der Waals surface area (Å²) in [6.07, 6.45) is -1.52. The monoisotopic (exact) mass is 1450 g/mol. The highest BCUT2D eigenvalue weighted by atomic mass is 32.2. The Balaban J connectivity index is 0.887. The Kier molecular flexibility index (Phi) is 26.1. The lowest BCUT2D eigenvalue weighted by Gasteiger charge is -2.36. The van der Waals surface area contributed by atoms with Crippen molar-refractivity contribution in [1.29, 1.82) is 0 Å². The average Bonchev–Trinajstić information content (AvgIpc) is 1.70. The third-order valence-electron chi connectivity index (χ3n) is 18.8. The first-order chi connectivity index (χ1) is 48.5. The molecule has 0 unspecified atom stereocenters. The number of hydrogen-bond acceptors (Lipinski definition) is 27. The van der Waals surface area contributed by atoms with Crippen molar-refractivity contribution in [2.24, 2.45) is 5.92 Å². The van der Waals surface area contributed by atoms with E-state index in [0.29, 0.717) is 22.3 Å². The van der Waals surface area contributed by atoms with Gasteiger partial charge in [-0.15, -0.1) is 0 Å². The number of hydrogen-bond donors (Lipinski definition) is 16. The number of amides is 7. The molecule has 7 amide bonds. The van der Waals surface area contributed by atoms with E-state index in [1.165, 1.54) is 68.6 Å². The summed E-state index contributed by atoms with van der Waals surface area (Å²) < 4.78 is 17.3. The molecule has 5 aliphatic rings. The Morgan fingerprint density at radius 3 is 2.19 bits per heavy atom. The van der Waals surface area contributed by atoms with E-state index in [1.807, 2.05) is 24.3 Å². The van der Waals surface area contributed by atoms with E-state index in [9.17, 15) is 74.7 Å². The number of aliphatic hydroxyl groups excluding tert-OH is 8. The van der Waals surface area contributed by atoms with Crippen LogP contribution < -0.4 is 40.8 Å². The van der Waals surface area contributed by atoms with E-state index in [1.54, 1.807) is 22.8 Å². The molecule has 6 heterocycles. The third kappa shape index (κ3) is 18.8. The first-order valence-corrected chi connectivity index (χ1v) is 34.9. The molecule has 4 aliphatic heterocycles. The SMILES string of the molecule is C[C@@H](O)[C@@H]1NC(=O)[C@@H](NC(=O)c2ccc(-c3cn4nc(-c5ccc(OC6=CCN(C7CCCCC7)CC6)cc5)sc4n3)cc2)C[C@@H](O)CNC(=O)[C@@H]2[C@@H](O)[C@@H](C)CN2C(=O)[C@H]([C@H](O)CCNC(CO)CO)NC(=O)[C@H]([C@H](O)Cc2ccc(O)c(OSOOO)c2)NC(=O)[C@@H]2C[C@@H](O)CN2C1=O. The van der Waals surface area contributed by atoms with Gasteiger partial charge in [-0.2, -0.15) is 5.10 Å². The number of nitrogens with one attached hydrogen (secondary N) is 6. The van der Waals surface area contributed by atoms with Gasteiger partial charge in [0, 0.05) is 87.1 Å². The number of imidazole rings is 1.